The Morgan fingerprint density at radius 3 is 2.82 bits per heavy atom. The first-order valence-electron chi connectivity index (χ1n) is 7.34. The van der Waals surface area contributed by atoms with Gasteiger partial charge in [0, 0.05) is 25.0 Å². The fraction of sp³-hybridized carbons (Fsp3) is 0.929. The minimum Gasteiger partial charge on any atom is -0.340 e. The molecule has 0 saturated carbocycles. The molecule has 2 heterocycles. The van der Waals surface area contributed by atoms with E-state index in [-0.39, 0.29) is 0 Å². The maximum atomic E-state index is 12.4. The summed E-state index contributed by atoms with van der Waals surface area (Å²) in [6.45, 7) is 4.29. The third kappa shape index (κ3) is 3.44. The Morgan fingerprint density at radius 2 is 2.12 bits per heavy atom. The molecule has 3 heteroatoms. The maximum absolute atomic E-state index is 12.4. The largest absolute Gasteiger partial charge is 0.340 e. The van der Waals surface area contributed by atoms with Gasteiger partial charge in [0.15, 0.2) is 0 Å². The number of carbonyl (C=O) groups excluding carboxylic acids is 1. The van der Waals surface area contributed by atoms with Crippen LogP contribution in [0.15, 0.2) is 0 Å². The molecule has 0 radical (unpaired) electrons. The number of rotatable bonds is 3. The highest BCUT2D eigenvalue weighted by atomic mass is 16.2. The Bertz CT molecular complexity index is 249. The van der Waals surface area contributed by atoms with E-state index in [0.717, 1.165) is 25.9 Å². The molecule has 0 aromatic heterocycles. The molecule has 1 amide bonds. The lowest BCUT2D eigenvalue weighted by Gasteiger charge is -2.30. The van der Waals surface area contributed by atoms with Gasteiger partial charge in [-0.1, -0.05) is 19.8 Å². The predicted octanol–water partition coefficient (Wildman–Crippen LogP) is 2.31. The number of amides is 1. The normalized spacial score (nSPS) is 30.3. The number of hydrogen-bond donors (Lipinski definition) is 1. The first kappa shape index (κ1) is 12.9. The van der Waals surface area contributed by atoms with Crippen molar-refractivity contribution >= 4 is 5.91 Å². The molecule has 0 aromatic rings. The van der Waals surface area contributed by atoms with Crippen LogP contribution in [0.1, 0.15) is 58.3 Å². The molecule has 1 N–H and O–H groups in total. The highest BCUT2D eigenvalue weighted by molar-refractivity contribution is 5.77. The zero-order valence-corrected chi connectivity index (χ0v) is 11.1. The molecule has 17 heavy (non-hydrogen) atoms. The lowest BCUT2D eigenvalue weighted by Crippen LogP contribution is -2.42. The molecular formula is C14H26N2O. The van der Waals surface area contributed by atoms with Crippen LogP contribution in [0.3, 0.4) is 0 Å². The van der Waals surface area contributed by atoms with Crippen LogP contribution in [0.4, 0.5) is 0 Å². The first-order valence-corrected chi connectivity index (χ1v) is 7.34. The minimum absolute atomic E-state index is 0.387. The van der Waals surface area contributed by atoms with Crippen molar-refractivity contribution < 1.29 is 4.79 Å². The smallest absolute Gasteiger partial charge is 0.224 e. The van der Waals surface area contributed by atoms with E-state index >= 15 is 0 Å². The van der Waals surface area contributed by atoms with E-state index in [0.29, 0.717) is 18.0 Å². The zero-order valence-electron chi connectivity index (χ0n) is 11.1. The third-order valence-corrected chi connectivity index (χ3v) is 4.25. The van der Waals surface area contributed by atoms with Crippen molar-refractivity contribution in [1.29, 1.82) is 0 Å². The quantitative estimate of drug-likeness (QED) is 0.818. The number of likely N-dealkylation sites (tertiary alicyclic amines) is 1. The van der Waals surface area contributed by atoms with Crippen molar-refractivity contribution in [2.75, 3.05) is 13.1 Å². The molecule has 2 rings (SSSR count). The van der Waals surface area contributed by atoms with Crippen LogP contribution < -0.4 is 5.32 Å². The Morgan fingerprint density at radius 1 is 1.24 bits per heavy atom. The van der Waals surface area contributed by atoms with Crippen LogP contribution in [0.2, 0.25) is 0 Å². The van der Waals surface area contributed by atoms with Gasteiger partial charge in [-0.25, -0.2) is 0 Å². The number of carbonyl (C=O) groups is 1. The summed E-state index contributed by atoms with van der Waals surface area (Å²) in [6, 6.07) is 0.953. The Kier molecular flexibility index (Phi) is 4.84. The van der Waals surface area contributed by atoms with Crippen LogP contribution in [0, 0.1) is 0 Å². The van der Waals surface area contributed by atoms with Gasteiger partial charge in [0.1, 0.15) is 0 Å². The standard InChI is InChI=1S/C14H26N2O/c1-2-13-8-4-3-5-10-16(13)14(17)11-12-7-6-9-15-12/h12-13,15H,2-11H2,1H3. The second-order valence-corrected chi connectivity index (χ2v) is 5.50. The average Bonchev–Trinajstić information content (AvgIpc) is 2.71. The molecular weight excluding hydrogens is 212 g/mol. The van der Waals surface area contributed by atoms with E-state index in [1.54, 1.807) is 0 Å². The summed E-state index contributed by atoms with van der Waals surface area (Å²) >= 11 is 0. The van der Waals surface area contributed by atoms with Crippen molar-refractivity contribution in [1.82, 2.24) is 10.2 Å². The SMILES string of the molecule is CCC1CCCCCN1C(=O)CC1CCCN1. The fourth-order valence-electron chi connectivity index (χ4n) is 3.19. The molecule has 2 aliphatic heterocycles. The van der Waals surface area contributed by atoms with Crippen molar-refractivity contribution in [3.05, 3.63) is 0 Å². The van der Waals surface area contributed by atoms with Gasteiger partial charge in [-0.2, -0.15) is 0 Å². The van der Waals surface area contributed by atoms with Crippen molar-refractivity contribution in [3.8, 4) is 0 Å². The summed E-state index contributed by atoms with van der Waals surface area (Å²) < 4.78 is 0. The second-order valence-electron chi connectivity index (χ2n) is 5.50. The summed E-state index contributed by atoms with van der Waals surface area (Å²) in [5.74, 6) is 0.387. The Balaban J connectivity index is 1.89. The van der Waals surface area contributed by atoms with E-state index in [1.807, 2.05) is 0 Å². The van der Waals surface area contributed by atoms with Gasteiger partial charge in [0.25, 0.3) is 0 Å². The van der Waals surface area contributed by atoms with E-state index in [4.69, 9.17) is 0 Å². The van der Waals surface area contributed by atoms with Crippen LogP contribution in [0.25, 0.3) is 0 Å². The van der Waals surface area contributed by atoms with Gasteiger partial charge in [-0.15, -0.1) is 0 Å². The summed E-state index contributed by atoms with van der Waals surface area (Å²) in [7, 11) is 0. The maximum Gasteiger partial charge on any atom is 0.224 e. The summed E-state index contributed by atoms with van der Waals surface area (Å²) in [4.78, 5) is 14.5. The lowest BCUT2D eigenvalue weighted by atomic mass is 10.1. The molecule has 2 atom stereocenters. The monoisotopic (exact) mass is 238 g/mol. The summed E-state index contributed by atoms with van der Waals surface area (Å²) in [5.41, 5.74) is 0. The molecule has 98 valence electrons. The lowest BCUT2D eigenvalue weighted by molar-refractivity contribution is -0.134. The van der Waals surface area contributed by atoms with Gasteiger partial charge >= 0.3 is 0 Å². The van der Waals surface area contributed by atoms with Crippen LogP contribution >= 0.6 is 0 Å². The number of nitrogens with one attached hydrogen (secondary N) is 1. The van der Waals surface area contributed by atoms with Gasteiger partial charge in [0.05, 0.1) is 0 Å². The predicted molar refractivity (Wildman–Crippen MR) is 69.9 cm³/mol. The zero-order chi connectivity index (χ0) is 12.1. The minimum atomic E-state index is 0.387. The fourth-order valence-corrected chi connectivity index (χ4v) is 3.19. The Hall–Kier alpha value is -0.570. The van der Waals surface area contributed by atoms with Crippen LogP contribution in [0.5, 0.6) is 0 Å². The van der Waals surface area contributed by atoms with Gasteiger partial charge in [-0.05, 0) is 38.6 Å². The second kappa shape index (κ2) is 6.39. The molecule has 0 spiro atoms. The molecule has 0 bridgehead atoms. The molecule has 2 unspecified atom stereocenters. The molecule has 2 saturated heterocycles. The van der Waals surface area contributed by atoms with E-state index < -0.39 is 0 Å². The third-order valence-electron chi connectivity index (χ3n) is 4.25. The van der Waals surface area contributed by atoms with E-state index in [1.165, 1.54) is 38.5 Å². The topological polar surface area (TPSA) is 32.3 Å². The molecule has 3 nitrogen and oxygen atoms in total. The summed E-state index contributed by atoms with van der Waals surface area (Å²) in [6.07, 6.45) is 9.23. The van der Waals surface area contributed by atoms with Crippen molar-refractivity contribution in [2.45, 2.75) is 70.4 Å². The van der Waals surface area contributed by atoms with E-state index in [2.05, 4.69) is 17.1 Å². The Labute approximate surface area is 105 Å². The number of hydrogen-bond acceptors (Lipinski definition) is 2. The summed E-state index contributed by atoms with van der Waals surface area (Å²) in [5, 5.41) is 3.43. The number of nitrogens with zero attached hydrogens (tertiary/aromatic N) is 1. The highest BCUT2D eigenvalue weighted by Crippen LogP contribution is 2.21. The van der Waals surface area contributed by atoms with Gasteiger partial charge < -0.3 is 10.2 Å². The van der Waals surface area contributed by atoms with Gasteiger partial charge in [-0.3, -0.25) is 4.79 Å². The molecule has 2 fully saturated rings. The first-order chi connectivity index (χ1) is 8.31. The van der Waals surface area contributed by atoms with Crippen molar-refractivity contribution in [2.24, 2.45) is 0 Å². The average molecular weight is 238 g/mol. The molecule has 0 aliphatic carbocycles. The van der Waals surface area contributed by atoms with Crippen LogP contribution in [-0.2, 0) is 4.79 Å². The van der Waals surface area contributed by atoms with E-state index in [9.17, 15) is 4.79 Å². The van der Waals surface area contributed by atoms with Gasteiger partial charge in [0.2, 0.25) is 5.91 Å². The van der Waals surface area contributed by atoms with Crippen molar-refractivity contribution in [3.63, 3.8) is 0 Å². The van der Waals surface area contributed by atoms with Crippen LogP contribution in [-0.4, -0.2) is 36.0 Å². The molecule has 2 aliphatic rings. The highest BCUT2D eigenvalue weighted by Gasteiger charge is 2.26. The molecule has 0 aromatic carbocycles.